The summed E-state index contributed by atoms with van der Waals surface area (Å²) in [5.41, 5.74) is 8.07. The van der Waals surface area contributed by atoms with E-state index in [1.165, 1.54) is 44.2 Å². The van der Waals surface area contributed by atoms with Gasteiger partial charge in [-0.1, -0.05) is 42.8 Å². The van der Waals surface area contributed by atoms with Crippen molar-refractivity contribution in [2.24, 2.45) is 17.9 Å². The molecule has 3 aliphatic rings. The van der Waals surface area contributed by atoms with Gasteiger partial charge < -0.3 is 15.2 Å². The number of nitrogens with one attached hydrogen (secondary N) is 2. The number of nitrogens with zero attached hydrogens (tertiary/aromatic N) is 3. The SMILES string of the molecule is CNc1cccc(-c2cccc(NC(=O)c3nc4c(n3C)CCN(CCC35CCC(C)(CC3)C5)C4)c2Cl)c1C. The van der Waals surface area contributed by atoms with Crippen LogP contribution in [0.2, 0.25) is 5.02 Å². The van der Waals surface area contributed by atoms with Crippen molar-refractivity contribution in [2.75, 3.05) is 30.8 Å². The molecule has 39 heavy (non-hydrogen) atoms. The minimum atomic E-state index is -0.228. The van der Waals surface area contributed by atoms with Crippen molar-refractivity contribution in [3.05, 3.63) is 64.2 Å². The van der Waals surface area contributed by atoms with Gasteiger partial charge in [0.25, 0.3) is 5.91 Å². The van der Waals surface area contributed by atoms with Gasteiger partial charge in [-0.05, 0) is 86.1 Å². The van der Waals surface area contributed by atoms with Crippen LogP contribution in [-0.4, -0.2) is 40.5 Å². The first kappa shape index (κ1) is 26.4. The Balaban J connectivity index is 1.16. The van der Waals surface area contributed by atoms with Crippen LogP contribution in [0.25, 0.3) is 11.1 Å². The predicted molar refractivity (Wildman–Crippen MR) is 160 cm³/mol. The molecule has 2 fully saturated rings. The van der Waals surface area contributed by atoms with Crippen LogP contribution in [0, 0.1) is 17.8 Å². The number of amides is 1. The van der Waals surface area contributed by atoms with Crippen LogP contribution in [0.4, 0.5) is 11.4 Å². The average Bonchev–Trinajstić information content (AvgIpc) is 3.57. The molecule has 2 saturated carbocycles. The normalized spacial score (nSPS) is 24.1. The Morgan fingerprint density at radius 2 is 1.79 bits per heavy atom. The topological polar surface area (TPSA) is 62.2 Å². The maximum absolute atomic E-state index is 13.4. The van der Waals surface area contributed by atoms with E-state index < -0.39 is 0 Å². The molecule has 0 saturated heterocycles. The Labute approximate surface area is 237 Å². The van der Waals surface area contributed by atoms with Crippen molar-refractivity contribution in [3.63, 3.8) is 0 Å². The smallest absolute Gasteiger partial charge is 0.291 e. The fourth-order valence-electron chi connectivity index (χ4n) is 7.57. The highest BCUT2D eigenvalue weighted by Crippen LogP contribution is 2.62. The maximum atomic E-state index is 13.4. The zero-order valence-corrected chi connectivity index (χ0v) is 24.4. The van der Waals surface area contributed by atoms with Crippen LogP contribution in [0.5, 0.6) is 0 Å². The van der Waals surface area contributed by atoms with Gasteiger partial charge in [0, 0.05) is 50.6 Å². The molecule has 0 spiro atoms. The van der Waals surface area contributed by atoms with Gasteiger partial charge >= 0.3 is 0 Å². The number of hydrogen-bond donors (Lipinski definition) is 2. The number of carbonyl (C=O) groups excluding carboxylic acids is 1. The lowest BCUT2D eigenvalue weighted by Crippen LogP contribution is -2.34. The highest BCUT2D eigenvalue weighted by atomic mass is 35.5. The van der Waals surface area contributed by atoms with E-state index in [2.05, 4.69) is 35.4 Å². The second-order valence-corrected chi connectivity index (χ2v) is 12.9. The van der Waals surface area contributed by atoms with Crippen molar-refractivity contribution < 1.29 is 4.79 Å². The summed E-state index contributed by atoms with van der Waals surface area (Å²) in [6, 6.07) is 11.9. The van der Waals surface area contributed by atoms with Gasteiger partial charge in [0.2, 0.25) is 0 Å². The predicted octanol–water partition coefficient (Wildman–Crippen LogP) is 7.06. The van der Waals surface area contributed by atoms with Crippen molar-refractivity contribution in [2.45, 2.75) is 65.3 Å². The fourth-order valence-corrected chi connectivity index (χ4v) is 7.84. The molecule has 2 heterocycles. The molecular weight excluding hydrogens is 506 g/mol. The molecule has 2 aliphatic carbocycles. The van der Waals surface area contributed by atoms with Gasteiger partial charge in [-0.2, -0.15) is 0 Å². The van der Waals surface area contributed by atoms with E-state index in [9.17, 15) is 4.79 Å². The summed E-state index contributed by atoms with van der Waals surface area (Å²) < 4.78 is 1.97. The molecule has 0 unspecified atom stereocenters. The number of aromatic nitrogens is 2. The molecule has 6 nitrogen and oxygen atoms in total. The molecule has 1 aromatic heterocycles. The van der Waals surface area contributed by atoms with E-state index >= 15 is 0 Å². The summed E-state index contributed by atoms with van der Waals surface area (Å²) in [6.07, 6.45) is 9.26. The third kappa shape index (κ3) is 4.76. The van der Waals surface area contributed by atoms with Crippen LogP contribution in [0.1, 0.15) is 73.0 Å². The molecule has 6 rings (SSSR count). The molecule has 1 aliphatic heterocycles. The number of hydrogen-bond acceptors (Lipinski definition) is 4. The zero-order chi connectivity index (χ0) is 27.4. The molecule has 206 valence electrons. The van der Waals surface area contributed by atoms with Gasteiger partial charge in [-0.15, -0.1) is 0 Å². The van der Waals surface area contributed by atoms with Crippen LogP contribution >= 0.6 is 11.6 Å². The van der Waals surface area contributed by atoms with E-state index in [-0.39, 0.29) is 5.91 Å². The summed E-state index contributed by atoms with van der Waals surface area (Å²) in [6.45, 7) is 7.54. The average molecular weight is 546 g/mol. The number of anilines is 2. The van der Waals surface area contributed by atoms with E-state index in [0.717, 1.165) is 54.1 Å². The molecule has 0 radical (unpaired) electrons. The Hall–Kier alpha value is -2.83. The fraction of sp³-hybridized carbons (Fsp3) is 0.500. The largest absolute Gasteiger partial charge is 0.388 e. The first-order valence-electron chi connectivity index (χ1n) is 14.4. The van der Waals surface area contributed by atoms with Crippen molar-refractivity contribution >= 4 is 28.9 Å². The molecule has 0 atom stereocenters. The minimum absolute atomic E-state index is 0.228. The Bertz CT molecular complexity index is 1420. The van der Waals surface area contributed by atoms with E-state index in [4.69, 9.17) is 16.6 Å². The number of benzene rings is 2. The molecule has 2 bridgehead atoms. The van der Waals surface area contributed by atoms with Crippen LogP contribution in [0.3, 0.4) is 0 Å². The highest BCUT2D eigenvalue weighted by Gasteiger charge is 2.51. The third-order valence-corrected chi connectivity index (χ3v) is 10.4. The monoisotopic (exact) mass is 545 g/mol. The van der Waals surface area contributed by atoms with Gasteiger partial charge in [0.05, 0.1) is 16.4 Å². The first-order chi connectivity index (χ1) is 18.7. The number of rotatable bonds is 7. The van der Waals surface area contributed by atoms with Crippen LogP contribution in [0.15, 0.2) is 36.4 Å². The number of halogens is 1. The molecule has 3 aromatic rings. The van der Waals surface area contributed by atoms with E-state index in [1.807, 2.05) is 49.0 Å². The number of imidazole rings is 1. The Morgan fingerprint density at radius 1 is 1.08 bits per heavy atom. The number of fused-ring (bicyclic) bond motifs is 3. The van der Waals surface area contributed by atoms with Gasteiger partial charge in [0.15, 0.2) is 5.82 Å². The molecule has 1 amide bonds. The van der Waals surface area contributed by atoms with Gasteiger partial charge in [-0.3, -0.25) is 9.69 Å². The highest BCUT2D eigenvalue weighted by molar-refractivity contribution is 6.36. The summed E-state index contributed by atoms with van der Waals surface area (Å²) in [5, 5.41) is 6.80. The lowest BCUT2D eigenvalue weighted by Gasteiger charge is -2.32. The molecule has 2 aromatic carbocycles. The summed E-state index contributed by atoms with van der Waals surface area (Å²) in [7, 11) is 3.87. The Morgan fingerprint density at radius 3 is 2.49 bits per heavy atom. The standard InChI is InChI=1S/C32H40ClN5O/c1-21-22(7-5-9-24(21)34-3)23-8-6-10-25(28(23)33)36-30(39)29-35-26-19-38(17-11-27(26)37(29)4)18-16-32-14-12-31(2,20-32)13-15-32/h5-10,34H,11-20H2,1-4H3,(H,36,39). The van der Waals surface area contributed by atoms with Crippen LogP contribution in [-0.2, 0) is 20.0 Å². The van der Waals surface area contributed by atoms with E-state index in [1.54, 1.807) is 0 Å². The van der Waals surface area contributed by atoms with E-state index in [0.29, 0.717) is 27.4 Å². The number of carbonyl (C=O) groups is 1. The first-order valence-corrected chi connectivity index (χ1v) is 14.7. The van der Waals surface area contributed by atoms with Crippen molar-refractivity contribution in [1.82, 2.24) is 14.5 Å². The van der Waals surface area contributed by atoms with Gasteiger partial charge in [-0.25, -0.2) is 4.98 Å². The van der Waals surface area contributed by atoms with Crippen LogP contribution < -0.4 is 10.6 Å². The van der Waals surface area contributed by atoms with Gasteiger partial charge in [0.1, 0.15) is 0 Å². The molecule has 7 heteroatoms. The zero-order valence-electron chi connectivity index (χ0n) is 23.7. The summed E-state index contributed by atoms with van der Waals surface area (Å²) in [4.78, 5) is 20.8. The second kappa shape index (κ2) is 9.97. The summed E-state index contributed by atoms with van der Waals surface area (Å²) >= 11 is 6.86. The third-order valence-electron chi connectivity index (χ3n) is 9.96. The Kier molecular flexibility index (Phi) is 6.75. The lowest BCUT2D eigenvalue weighted by atomic mass is 9.80. The summed E-state index contributed by atoms with van der Waals surface area (Å²) in [5.74, 6) is 0.214. The molecular formula is C32H40ClN5O. The lowest BCUT2D eigenvalue weighted by molar-refractivity contribution is 0.101. The van der Waals surface area contributed by atoms with Crippen molar-refractivity contribution in [3.8, 4) is 11.1 Å². The maximum Gasteiger partial charge on any atom is 0.291 e. The quantitative estimate of drug-likeness (QED) is 0.333. The molecule has 2 N–H and O–H groups in total. The minimum Gasteiger partial charge on any atom is -0.388 e. The second-order valence-electron chi connectivity index (χ2n) is 12.5. The van der Waals surface area contributed by atoms with Crippen molar-refractivity contribution in [1.29, 1.82) is 0 Å².